The van der Waals surface area contributed by atoms with Crippen molar-refractivity contribution in [2.45, 2.75) is 6.10 Å². The summed E-state index contributed by atoms with van der Waals surface area (Å²) in [4.78, 5) is 3.90. The number of phenolic OH excluding ortho intramolecular Hbond substituents is 1. The van der Waals surface area contributed by atoms with Crippen LogP contribution in [0.5, 0.6) is 5.75 Å². The molecule has 1 aromatic heterocycles. The van der Waals surface area contributed by atoms with E-state index in [-0.39, 0.29) is 5.75 Å². The van der Waals surface area contributed by atoms with Crippen LogP contribution in [-0.4, -0.2) is 28.8 Å². The molecular weight excluding hydrogens is 196 g/mol. The van der Waals surface area contributed by atoms with Crippen molar-refractivity contribution < 1.29 is 14.6 Å². The Morgan fingerprint density at radius 2 is 2.33 bits per heavy atom. The molecule has 0 aliphatic heterocycles. The average Bonchev–Trinajstić information content (AvgIpc) is 2.67. The van der Waals surface area contributed by atoms with Crippen molar-refractivity contribution in [3.63, 3.8) is 0 Å². The summed E-state index contributed by atoms with van der Waals surface area (Å²) in [5.41, 5.74) is 1.32. The third-order valence-corrected chi connectivity index (χ3v) is 2.26. The van der Waals surface area contributed by atoms with Gasteiger partial charge in [0.05, 0.1) is 6.10 Å². The van der Waals surface area contributed by atoms with E-state index in [1.807, 2.05) is 0 Å². The molecule has 0 radical (unpaired) electrons. The molecule has 2 aromatic rings. The zero-order chi connectivity index (χ0) is 10.8. The van der Waals surface area contributed by atoms with Crippen molar-refractivity contribution in [3.8, 4) is 5.75 Å². The summed E-state index contributed by atoms with van der Waals surface area (Å²) in [5, 5.41) is 22.4. The van der Waals surface area contributed by atoms with Gasteiger partial charge in [0, 0.05) is 12.1 Å². The van der Waals surface area contributed by atoms with Crippen LogP contribution in [0, 0.1) is 0 Å². The standard InChI is InChI=1S/C10H12N2O3/c1-11-4-8(13)6-2-3-7-10(9(6)14)15-5-12-7/h2-3,5,8,11,13-14H,4H2,1H3. The Kier molecular flexibility index (Phi) is 2.57. The van der Waals surface area contributed by atoms with Gasteiger partial charge in [-0.1, -0.05) is 6.07 Å². The van der Waals surface area contributed by atoms with Gasteiger partial charge in [-0.15, -0.1) is 0 Å². The summed E-state index contributed by atoms with van der Waals surface area (Å²) in [5.74, 6) is -0.0484. The Balaban J connectivity index is 2.47. The Morgan fingerprint density at radius 1 is 1.53 bits per heavy atom. The second-order valence-corrected chi connectivity index (χ2v) is 3.28. The molecule has 1 atom stereocenters. The molecule has 0 saturated heterocycles. The Labute approximate surface area is 86.4 Å². The molecule has 0 aliphatic rings. The highest BCUT2D eigenvalue weighted by Gasteiger charge is 2.16. The summed E-state index contributed by atoms with van der Waals surface area (Å²) in [7, 11) is 1.73. The number of nitrogens with zero attached hydrogens (tertiary/aromatic N) is 1. The summed E-state index contributed by atoms with van der Waals surface area (Å²) < 4.78 is 5.03. The van der Waals surface area contributed by atoms with Gasteiger partial charge in [-0.05, 0) is 13.1 Å². The molecule has 1 unspecified atom stereocenters. The van der Waals surface area contributed by atoms with Crippen LogP contribution >= 0.6 is 0 Å². The average molecular weight is 208 g/mol. The van der Waals surface area contributed by atoms with Gasteiger partial charge in [-0.2, -0.15) is 0 Å². The van der Waals surface area contributed by atoms with Crippen molar-refractivity contribution >= 4 is 11.1 Å². The maximum absolute atomic E-state index is 9.81. The van der Waals surface area contributed by atoms with Crippen LogP contribution in [0.3, 0.4) is 0 Å². The van der Waals surface area contributed by atoms with Crippen LogP contribution < -0.4 is 5.32 Å². The lowest BCUT2D eigenvalue weighted by Gasteiger charge is -2.11. The van der Waals surface area contributed by atoms with Gasteiger partial charge in [0.15, 0.2) is 17.7 Å². The molecule has 0 spiro atoms. The van der Waals surface area contributed by atoms with Crippen LogP contribution in [0.2, 0.25) is 0 Å². The second-order valence-electron chi connectivity index (χ2n) is 3.28. The first-order valence-corrected chi connectivity index (χ1v) is 4.61. The van der Waals surface area contributed by atoms with E-state index < -0.39 is 6.10 Å². The SMILES string of the molecule is CNCC(O)c1ccc2ncoc2c1O. The van der Waals surface area contributed by atoms with Gasteiger partial charge >= 0.3 is 0 Å². The Hall–Kier alpha value is -1.59. The molecule has 0 saturated carbocycles. The predicted molar refractivity (Wildman–Crippen MR) is 54.6 cm³/mol. The zero-order valence-corrected chi connectivity index (χ0v) is 8.27. The number of rotatable bonds is 3. The summed E-state index contributed by atoms with van der Waals surface area (Å²) in [6, 6.07) is 3.34. The Bertz CT molecular complexity index is 467. The van der Waals surface area contributed by atoms with Gasteiger partial charge in [0.2, 0.25) is 0 Å². The van der Waals surface area contributed by atoms with Gasteiger partial charge in [-0.3, -0.25) is 0 Å². The molecule has 15 heavy (non-hydrogen) atoms. The third-order valence-electron chi connectivity index (χ3n) is 2.26. The number of oxazole rings is 1. The number of likely N-dealkylation sites (N-methyl/N-ethyl adjacent to an activating group) is 1. The predicted octanol–water partition coefficient (Wildman–Crippen LogP) is 0.786. The van der Waals surface area contributed by atoms with Crippen LogP contribution in [0.4, 0.5) is 0 Å². The summed E-state index contributed by atoms with van der Waals surface area (Å²) in [6.07, 6.45) is 0.503. The molecule has 1 heterocycles. The third kappa shape index (κ3) is 1.67. The quantitative estimate of drug-likeness (QED) is 0.695. The van der Waals surface area contributed by atoms with Crippen molar-refractivity contribution in [1.82, 2.24) is 10.3 Å². The lowest BCUT2D eigenvalue weighted by Crippen LogP contribution is -2.16. The van der Waals surface area contributed by atoms with Crippen LogP contribution in [0.25, 0.3) is 11.1 Å². The number of phenols is 1. The molecule has 5 nitrogen and oxygen atoms in total. The minimum atomic E-state index is -0.760. The van der Waals surface area contributed by atoms with Gasteiger partial charge in [0.1, 0.15) is 5.52 Å². The molecule has 2 rings (SSSR count). The lowest BCUT2D eigenvalue weighted by atomic mass is 10.1. The number of hydrogen-bond donors (Lipinski definition) is 3. The van der Waals surface area contributed by atoms with Crippen molar-refractivity contribution in [3.05, 3.63) is 24.1 Å². The molecule has 3 N–H and O–H groups in total. The fraction of sp³-hybridized carbons (Fsp3) is 0.300. The van der Waals surface area contributed by atoms with Gasteiger partial charge < -0.3 is 19.9 Å². The monoisotopic (exact) mass is 208 g/mol. The molecule has 0 fully saturated rings. The van der Waals surface area contributed by atoms with E-state index in [9.17, 15) is 10.2 Å². The maximum atomic E-state index is 9.81. The highest BCUT2D eigenvalue weighted by Crippen LogP contribution is 2.31. The highest BCUT2D eigenvalue weighted by atomic mass is 16.4. The minimum Gasteiger partial charge on any atom is -0.504 e. The summed E-state index contributed by atoms with van der Waals surface area (Å²) in [6.45, 7) is 0.368. The zero-order valence-electron chi connectivity index (χ0n) is 8.27. The van der Waals surface area contributed by atoms with Gasteiger partial charge in [0.25, 0.3) is 0 Å². The van der Waals surface area contributed by atoms with E-state index in [1.54, 1.807) is 19.2 Å². The van der Waals surface area contributed by atoms with E-state index in [1.165, 1.54) is 6.39 Å². The van der Waals surface area contributed by atoms with E-state index in [0.717, 1.165) is 0 Å². The number of fused-ring (bicyclic) bond motifs is 1. The van der Waals surface area contributed by atoms with E-state index in [4.69, 9.17) is 4.42 Å². The van der Waals surface area contributed by atoms with E-state index >= 15 is 0 Å². The summed E-state index contributed by atoms with van der Waals surface area (Å²) >= 11 is 0. The second kappa shape index (κ2) is 3.88. The number of aliphatic hydroxyl groups is 1. The highest BCUT2D eigenvalue weighted by molar-refractivity contribution is 5.80. The topological polar surface area (TPSA) is 78.5 Å². The molecule has 0 aliphatic carbocycles. The molecule has 0 bridgehead atoms. The maximum Gasteiger partial charge on any atom is 0.196 e. The van der Waals surface area contributed by atoms with Crippen molar-refractivity contribution in [2.24, 2.45) is 0 Å². The number of aromatic hydroxyl groups is 1. The fourth-order valence-corrected chi connectivity index (χ4v) is 1.50. The van der Waals surface area contributed by atoms with Gasteiger partial charge in [-0.25, -0.2) is 4.98 Å². The first kappa shape index (κ1) is 9.95. The fourth-order valence-electron chi connectivity index (χ4n) is 1.50. The molecule has 5 heteroatoms. The van der Waals surface area contributed by atoms with Crippen LogP contribution in [-0.2, 0) is 0 Å². The number of hydrogen-bond acceptors (Lipinski definition) is 5. The van der Waals surface area contributed by atoms with Crippen LogP contribution in [0.1, 0.15) is 11.7 Å². The molecule has 0 amide bonds. The minimum absolute atomic E-state index is 0.0484. The van der Waals surface area contributed by atoms with E-state index in [2.05, 4.69) is 10.3 Å². The largest absolute Gasteiger partial charge is 0.504 e. The molecule has 1 aromatic carbocycles. The first-order chi connectivity index (χ1) is 7.24. The van der Waals surface area contributed by atoms with Crippen LogP contribution in [0.15, 0.2) is 22.9 Å². The number of aliphatic hydroxyl groups excluding tert-OH is 1. The normalized spacial score (nSPS) is 13.2. The van der Waals surface area contributed by atoms with E-state index in [0.29, 0.717) is 23.2 Å². The first-order valence-electron chi connectivity index (χ1n) is 4.61. The molecule has 80 valence electrons. The number of benzene rings is 1. The Morgan fingerprint density at radius 3 is 3.07 bits per heavy atom. The smallest absolute Gasteiger partial charge is 0.196 e. The van der Waals surface area contributed by atoms with Crippen molar-refractivity contribution in [2.75, 3.05) is 13.6 Å². The number of aromatic nitrogens is 1. The number of nitrogens with one attached hydrogen (secondary N) is 1. The lowest BCUT2D eigenvalue weighted by molar-refractivity contribution is 0.174. The molecular formula is C10H12N2O3. The van der Waals surface area contributed by atoms with Crippen molar-refractivity contribution in [1.29, 1.82) is 0 Å².